The van der Waals surface area contributed by atoms with Crippen LogP contribution < -0.4 is 0 Å². The van der Waals surface area contributed by atoms with Crippen molar-refractivity contribution in [2.45, 2.75) is 32.9 Å². The summed E-state index contributed by atoms with van der Waals surface area (Å²) in [5.41, 5.74) is 1.92. The lowest BCUT2D eigenvalue weighted by molar-refractivity contribution is 0.314. The van der Waals surface area contributed by atoms with Gasteiger partial charge >= 0.3 is 0 Å². The first kappa shape index (κ1) is 9.99. The molecule has 2 heterocycles. The summed E-state index contributed by atoms with van der Waals surface area (Å²) < 4.78 is 0. The summed E-state index contributed by atoms with van der Waals surface area (Å²) in [6.45, 7) is 3.97. The Morgan fingerprint density at radius 3 is 2.86 bits per heavy atom. The molecule has 0 saturated carbocycles. The smallest absolute Gasteiger partial charge is 0.150 e. The molecule has 14 heavy (non-hydrogen) atoms. The first-order chi connectivity index (χ1) is 6.63. The number of hydrogen-bond acceptors (Lipinski definition) is 3. The van der Waals surface area contributed by atoms with Gasteiger partial charge in [-0.05, 0) is 13.3 Å². The van der Waals surface area contributed by atoms with Gasteiger partial charge in [0.25, 0.3) is 0 Å². The third kappa shape index (κ3) is 1.44. The zero-order chi connectivity index (χ0) is 10.3. The molecule has 2 aliphatic rings. The van der Waals surface area contributed by atoms with Gasteiger partial charge in [0, 0.05) is 17.7 Å². The number of fused-ring (bicyclic) bond motifs is 1. The molecular formula is C9H11Cl2N3. The molecule has 1 unspecified atom stereocenters. The van der Waals surface area contributed by atoms with Crippen LogP contribution in [0.3, 0.4) is 0 Å². The minimum Gasteiger partial charge on any atom is -0.245 e. The highest BCUT2D eigenvalue weighted by Crippen LogP contribution is 2.33. The fraction of sp³-hybridized carbons (Fsp3) is 0.556. The number of halogens is 2. The Balaban J connectivity index is 2.40. The fourth-order valence-corrected chi connectivity index (χ4v) is 2.40. The first-order valence-electron chi connectivity index (χ1n) is 4.59. The van der Waals surface area contributed by atoms with Crippen LogP contribution in [0.2, 0.25) is 0 Å². The van der Waals surface area contributed by atoms with E-state index in [0.717, 1.165) is 24.1 Å². The molecule has 76 valence electrons. The quantitative estimate of drug-likeness (QED) is 0.639. The van der Waals surface area contributed by atoms with E-state index in [4.69, 9.17) is 23.2 Å². The van der Waals surface area contributed by atoms with Gasteiger partial charge in [-0.25, -0.2) is 10.0 Å². The maximum Gasteiger partial charge on any atom is 0.150 e. The normalized spacial score (nSPS) is 26.3. The average molecular weight is 232 g/mol. The highest BCUT2D eigenvalue weighted by molar-refractivity contribution is 6.70. The van der Waals surface area contributed by atoms with Gasteiger partial charge in [-0.2, -0.15) is 5.10 Å². The number of hydrogen-bond donors (Lipinski definition) is 0. The molecule has 0 fully saturated rings. The Morgan fingerprint density at radius 1 is 1.50 bits per heavy atom. The number of allylic oxidation sites excluding steroid dienone is 1. The second kappa shape index (κ2) is 3.55. The number of aliphatic imine (C=N–C) groups is 1. The molecule has 0 radical (unpaired) electrons. The van der Waals surface area contributed by atoms with Crippen molar-refractivity contribution in [1.29, 1.82) is 0 Å². The van der Waals surface area contributed by atoms with E-state index in [9.17, 15) is 0 Å². The minimum atomic E-state index is -0.0229. The summed E-state index contributed by atoms with van der Waals surface area (Å²) in [6.07, 6.45) is 1.56. The van der Waals surface area contributed by atoms with Gasteiger partial charge in [-0.3, -0.25) is 0 Å². The molecule has 2 rings (SSSR count). The lowest BCUT2D eigenvalue weighted by Crippen LogP contribution is -2.28. The van der Waals surface area contributed by atoms with Gasteiger partial charge in [-0.1, -0.05) is 30.1 Å². The molecule has 2 aliphatic heterocycles. The van der Waals surface area contributed by atoms with Crippen molar-refractivity contribution in [3.63, 3.8) is 0 Å². The van der Waals surface area contributed by atoms with Crippen LogP contribution in [0.15, 0.2) is 20.8 Å². The minimum absolute atomic E-state index is 0.0229. The Kier molecular flexibility index (Phi) is 2.54. The van der Waals surface area contributed by atoms with E-state index in [0.29, 0.717) is 10.3 Å². The number of hydrazone groups is 1. The van der Waals surface area contributed by atoms with Gasteiger partial charge < -0.3 is 0 Å². The van der Waals surface area contributed by atoms with Crippen LogP contribution in [0.1, 0.15) is 26.7 Å². The Bertz CT molecular complexity index is 357. The van der Waals surface area contributed by atoms with Crippen molar-refractivity contribution in [2.24, 2.45) is 10.1 Å². The standard InChI is InChI=1S/C9H11Cl2N3/c1-3-6-8(10)12-7-4-5(2)13-14(7)9(6)11/h7H,3-4H2,1-2H3. The summed E-state index contributed by atoms with van der Waals surface area (Å²) in [4.78, 5) is 4.35. The van der Waals surface area contributed by atoms with Gasteiger partial charge in [0.2, 0.25) is 0 Å². The van der Waals surface area contributed by atoms with E-state index in [1.165, 1.54) is 0 Å². The maximum atomic E-state index is 6.18. The molecule has 0 aromatic carbocycles. The first-order valence-corrected chi connectivity index (χ1v) is 5.34. The molecule has 5 heteroatoms. The van der Waals surface area contributed by atoms with E-state index < -0.39 is 0 Å². The van der Waals surface area contributed by atoms with Crippen LogP contribution in [-0.2, 0) is 0 Å². The number of rotatable bonds is 1. The molecular weight excluding hydrogens is 221 g/mol. The third-order valence-electron chi connectivity index (χ3n) is 2.35. The summed E-state index contributed by atoms with van der Waals surface area (Å²) in [5, 5.41) is 7.22. The van der Waals surface area contributed by atoms with E-state index in [2.05, 4.69) is 10.1 Å². The molecule has 0 aromatic heterocycles. The van der Waals surface area contributed by atoms with Crippen molar-refractivity contribution in [2.75, 3.05) is 0 Å². The molecule has 3 nitrogen and oxygen atoms in total. The van der Waals surface area contributed by atoms with Crippen molar-refractivity contribution in [3.05, 3.63) is 10.7 Å². The third-order valence-corrected chi connectivity index (χ3v) is 3.08. The fourth-order valence-electron chi connectivity index (χ4n) is 1.64. The largest absolute Gasteiger partial charge is 0.245 e. The topological polar surface area (TPSA) is 28.0 Å². The predicted molar refractivity (Wildman–Crippen MR) is 59.8 cm³/mol. The molecule has 0 aromatic rings. The highest BCUT2D eigenvalue weighted by atomic mass is 35.5. The van der Waals surface area contributed by atoms with Crippen molar-refractivity contribution in [3.8, 4) is 0 Å². The monoisotopic (exact) mass is 231 g/mol. The average Bonchev–Trinajstić information content (AvgIpc) is 2.47. The Hall–Kier alpha value is -0.540. The molecule has 0 spiro atoms. The van der Waals surface area contributed by atoms with Gasteiger partial charge in [-0.15, -0.1) is 0 Å². The van der Waals surface area contributed by atoms with Gasteiger partial charge in [0.05, 0.1) is 0 Å². The molecule has 0 bridgehead atoms. The van der Waals surface area contributed by atoms with E-state index in [1.807, 2.05) is 13.8 Å². The van der Waals surface area contributed by atoms with Crippen molar-refractivity contribution < 1.29 is 0 Å². The second-order valence-corrected chi connectivity index (χ2v) is 4.12. The van der Waals surface area contributed by atoms with Gasteiger partial charge in [0.15, 0.2) is 0 Å². The molecule has 0 amide bonds. The lowest BCUT2D eigenvalue weighted by atomic mass is 10.2. The van der Waals surface area contributed by atoms with E-state index >= 15 is 0 Å². The Morgan fingerprint density at radius 2 is 2.21 bits per heavy atom. The van der Waals surface area contributed by atoms with Gasteiger partial charge in [0.1, 0.15) is 16.5 Å². The highest BCUT2D eigenvalue weighted by Gasteiger charge is 2.32. The van der Waals surface area contributed by atoms with E-state index in [-0.39, 0.29) is 6.17 Å². The Labute approximate surface area is 93.1 Å². The van der Waals surface area contributed by atoms with Crippen LogP contribution in [0.5, 0.6) is 0 Å². The van der Waals surface area contributed by atoms with Crippen molar-refractivity contribution in [1.82, 2.24) is 5.01 Å². The zero-order valence-corrected chi connectivity index (χ0v) is 9.60. The maximum absolute atomic E-state index is 6.18. The molecule has 0 saturated heterocycles. The molecule has 0 N–H and O–H groups in total. The molecule has 0 aliphatic carbocycles. The summed E-state index contributed by atoms with van der Waals surface area (Å²) in [5.74, 6) is 0. The van der Waals surface area contributed by atoms with Crippen LogP contribution in [-0.4, -0.2) is 22.1 Å². The predicted octanol–water partition coefficient (Wildman–Crippen LogP) is 2.91. The lowest BCUT2D eigenvalue weighted by Gasteiger charge is -2.26. The van der Waals surface area contributed by atoms with Crippen LogP contribution in [0, 0.1) is 0 Å². The zero-order valence-electron chi connectivity index (χ0n) is 8.09. The van der Waals surface area contributed by atoms with Crippen molar-refractivity contribution >= 4 is 34.1 Å². The van der Waals surface area contributed by atoms with Crippen LogP contribution in [0.25, 0.3) is 0 Å². The summed E-state index contributed by atoms with van der Waals surface area (Å²) >= 11 is 12.2. The SMILES string of the molecule is CCC1=C(Cl)N2N=C(C)CC2N=C1Cl. The molecule has 1 atom stereocenters. The van der Waals surface area contributed by atoms with Crippen LogP contribution in [0.4, 0.5) is 0 Å². The van der Waals surface area contributed by atoms with E-state index in [1.54, 1.807) is 5.01 Å². The summed E-state index contributed by atoms with van der Waals surface area (Å²) in [6, 6.07) is 0. The second-order valence-electron chi connectivity index (χ2n) is 3.41. The number of nitrogens with zero attached hydrogens (tertiary/aromatic N) is 3. The van der Waals surface area contributed by atoms with Crippen LogP contribution >= 0.6 is 23.2 Å². The summed E-state index contributed by atoms with van der Waals surface area (Å²) in [7, 11) is 0.